The van der Waals surface area contributed by atoms with Gasteiger partial charge in [-0.3, -0.25) is 9.59 Å². The molecule has 0 aliphatic heterocycles. The number of Topliss-reactive ketones (excluding diaryl/α,β-unsaturated/α-hetero) is 2. The van der Waals surface area contributed by atoms with Gasteiger partial charge in [-0.05, 0) is 36.9 Å². The molecule has 3 nitrogen and oxygen atoms in total. The fourth-order valence-corrected chi connectivity index (χ4v) is 2.52. The molecule has 0 atom stereocenters. The predicted octanol–water partition coefficient (Wildman–Crippen LogP) is 3.41. The second-order valence-corrected chi connectivity index (χ2v) is 4.76. The minimum absolute atomic E-state index is 0.0955. The molecular weight excluding hydrogens is 236 g/mol. The first-order chi connectivity index (χ1) is 8.09. The summed E-state index contributed by atoms with van der Waals surface area (Å²) in [6, 6.07) is 3.48. The van der Waals surface area contributed by atoms with E-state index in [1.54, 1.807) is 13.0 Å². The number of ketones is 2. The summed E-state index contributed by atoms with van der Waals surface area (Å²) < 4.78 is 5.05. The van der Waals surface area contributed by atoms with Crippen molar-refractivity contribution in [3.05, 3.63) is 45.5 Å². The molecule has 2 aromatic heterocycles. The van der Waals surface area contributed by atoms with Gasteiger partial charge in [-0.2, -0.15) is 0 Å². The van der Waals surface area contributed by atoms with Gasteiger partial charge >= 0.3 is 0 Å². The molecule has 0 N–H and O–H groups in total. The Balaban J connectivity index is 2.13. The van der Waals surface area contributed by atoms with E-state index >= 15 is 0 Å². The Hall–Kier alpha value is -1.68. The minimum Gasteiger partial charge on any atom is -0.469 e. The summed E-state index contributed by atoms with van der Waals surface area (Å²) >= 11 is 1.38. The lowest BCUT2D eigenvalue weighted by Gasteiger charge is -1.99. The van der Waals surface area contributed by atoms with E-state index in [9.17, 15) is 9.59 Å². The molecule has 0 radical (unpaired) electrons. The van der Waals surface area contributed by atoms with E-state index in [1.165, 1.54) is 17.6 Å². The van der Waals surface area contributed by atoms with Crippen LogP contribution in [0.4, 0.5) is 0 Å². The van der Waals surface area contributed by atoms with Crippen LogP contribution >= 0.6 is 11.3 Å². The quantitative estimate of drug-likeness (QED) is 0.615. The highest BCUT2D eigenvalue weighted by atomic mass is 32.1. The first-order valence-corrected chi connectivity index (χ1v) is 6.12. The Labute approximate surface area is 103 Å². The third-order valence-electron chi connectivity index (χ3n) is 2.60. The van der Waals surface area contributed by atoms with Crippen LogP contribution in [0.1, 0.15) is 37.8 Å². The Morgan fingerprint density at radius 3 is 2.53 bits per heavy atom. The van der Waals surface area contributed by atoms with Crippen LogP contribution in [0.25, 0.3) is 0 Å². The topological polar surface area (TPSA) is 47.3 Å². The molecule has 0 bridgehead atoms. The summed E-state index contributed by atoms with van der Waals surface area (Å²) in [4.78, 5) is 24.4. The van der Waals surface area contributed by atoms with E-state index in [0.29, 0.717) is 16.2 Å². The molecular formula is C13H12O3S. The van der Waals surface area contributed by atoms with Crippen LogP contribution in [0.3, 0.4) is 0 Å². The molecule has 0 unspecified atom stereocenters. The van der Waals surface area contributed by atoms with Gasteiger partial charge < -0.3 is 4.42 Å². The summed E-state index contributed by atoms with van der Waals surface area (Å²) in [5.74, 6) is 0.253. The number of thiophene rings is 1. The van der Waals surface area contributed by atoms with E-state index in [0.717, 1.165) is 5.56 Å². The normalized spacial score (nSPS) is 10.5. The predicted molar refractivity (Wildman–Crippen MR) is 65.8 cm³/mol. The second-order valence-electron chi connectivity index (χ2n) is 3.85. The van der Waals surface area contributed by atoms with Crippen molar-refractivity contribution in [1.82, 2.24) is 0 Å². The Kier molecular flexibility index (Phi) is 3.24. The van der Waals surface area contributed by atoms with Gasteiger partial charge in [0, 0.05) is 0 Å². The van der Waals surface area contributed by atoms with Gasteiger partial charge in [-0.1, -0.05) is 0 Å². The molecule has 0 amide bonds. The van der Waals surface area contributed by atoms with Crippen molar-refractivity contribution in [1.29, 1.82) is 0 Å². The molecule has 2 rings (SSSR count). The maximum atomic E-state index is 11.9. The standard InChI is InChI=1S/C13H12O3S/c1-8-4-6-17-13(8)12(15)7-11(14)10-3-5-16-9(10)2/h3-6H,7H2,1-2H3. The van der Waals surface area contributed by atoms with Crippen LogP contribution in [0, 0.1) is 13.8 Å². The number of furan rings is 1. The van der Waals surface area contributed by atoms with Crippen molar-refractivity contribution in [2.45, 2.75) is 20.3 Å². The zero-order valence-corrected chi connectivity index (χ0v) is 10.5. The summed E-state index contributed by atoms with van der Waals surface area (Å²) in [7, 11) is 0. The fraction of sp³-hybridized carbons (Fsp3) is 0.231. The molecule has 17 heavy (non-hydrogen) atoms. The zero-order chi connectivity index (χ0) is 12.4. The summed E-state index contributed by atoms with van der Waals surface area (Å²) in [6.45, 7) is 3.59. The van der Waals surface area contributed by atoms with Gasteiger partial charge in [0.2, 0.25) is 0 Å². The monoisotopic (exact) mass is 248 g/mol. The largest absolute Gasteiger partial charge is 0.469 e. The van der Waals surface area contributed by atoms with Gasteiger partial charge in [-0.15, -0.1) is 11.3 Å². The highest BCUT2D eigenvalue weighted by Crippen LogP contribution is 2.19. The van der Waals surface area contributed by atoms with Crippen molar-refractivity contribution < 1.29 is 14.0 Å². The maximum absolute atomic E-state index is 11.9. The number of carbonyl (C=O) groups is 2. The molecule has 0 fully saturated rings. The van der Waals surface area contributed by atoms with Gasteiger partial charge in [0.05, 0.1) is 23.1 Å². The average Bonchev–Trinajstić information content (AvgIpc) is 2.86. The van der Waals surface area contributed by atoms with E-state index in [1.807, 2.05) is 18.4 Å². The van der Waals surface area contributed by atoms with Crippen molar-refractivity contribution in [2.75, 3.05) is 0 Å². The first-order valence-electron chi connectivity index (χ1n) is 5.24. The van der Waals surface area contributed by atoms with Crippen molar-refractivity contribution in [2.24, 2.45) is 0 Å². The van der Waals surface area contributed by atoms with E-state index in [2.05, 4.69) is 0 Å². The lowest BCUT2D eigenvalue weighted by molar-refractivity contribution is 0.0895. The van der Waals surface area contributed by atoms with Crippen LogP contribution in [-0.2, 0) is 0 Å². The van der Waals surface area contributed by atoms with Gasteiger partial charge in [-0.25, -0.2) is 0 Å². The number of carbonyl (C=O) groups excluding carboxylic acids is 2. The molecule has 0 aliphatic carbocycles. The third kappa shape index (κ3) is 2.36. The van der Waals surface area contributed by atoms with Crippen molar-refractivity contribution in [3.63, 3.8) is 0 Å². The molecule has 0 aliphatic rings. The summed E-state index contributed by atoms with van der Waals surface area (Å²) in [5, 5.41) is 1.86. The molecule has 4 heteroatoms. The van der Waals surface area contributed by atoms with E-state index < -0.39 is 0 Å². The number of hydrogen-bond acceptors (Lipinski definition) is 4. The van der Waals surface area contributed by atoms with Crippen LogP contribution in [0.5, 0.6) is 0 Å². The third-order valence-corrected chi connectivity index (χ3v) is 3.65. The van der Waals surface area contributed by atoms with Crippen LogP contribution < -0.4 is 0 Å². The van der Waals surface area contributed by atoms with Crippen molar-refractivity contribution in [3.8, 4) is 0 Å². The molecule has 88 valence electrons. The highest BCUT2D eigenvalue weighted by molar-refractivity contribution is 7.12. The minimum atomic E-state index is -0.186. The lowest BCUT2D eigenvalue weighted by atomic mass is 10.1. The van der Waals surface area contributed by atoms with E-state index in [-0.39, 0.29) is 18.0 Å². The van der Waals surface area contributed by atoms with E-state index in [4.69, 9.17) is 4.42 Å². The Bertz CT molecular complexity index is 512. The molecule has 0 aromatic carbocycles. The number of aryl methyl sites for hydroxylation is 2. The average molecular weight is 248 g/mol. The summed E-state index contributed by atoms with van der Waals surface area (Å²) in [6.07, 6.45) is 1.37. The smallest absolute Gasteiger partial charge is 0.180 e. The summed E-state index contributed by atoms with van der Waals surface area (Å²) in [5.41, 5.74) is 1.42. The van der Waals surface area contributed by atoms with Crippen LogP contribution in [-0.4, -0.2) is 11.6 Å². The zero-order valence-electron chi connectivity index (χ0n) is 9.65. The SMILES string of the molecule is Cc1ccsc1C(=O)CC(=O)c1ccoc1C. The maximum Gasteiger partial charge on any atom is 0.180 e. The molecule has 0 saturated carbocycles. The van der Waals surface area contributed by atoms with Gasteiger partial charge in [0.25, 0.3) is 0 Å². The Morgan fingerprint density at radius 2 is 2.00 bits per heavy atom. The van der Waals surface area contributed by atoms with Crippen molar-refractivity contribution >= 4 is 22.9 Å². The molecule has 0 spiro atoms. The van der Waals surface area contributed by atoms with Crippen LogP contribution in [0.15, 0.2) is 28.2 Å². The molecule has 2 aromatic rings. The highest BCUT2D eigenvalue weighted by Gasteiger charge is 2.18. The fourth-order valence-electron chi connectivity index (χ4n) is 1.65. The van der Waals surface area contributed by atoms with Gasteiger partial charge in [0.1, 0.15) is 5.76 Å². The first kappa shape index (κ1) is 11.8. The van der Waals surface area contributed by atoms with Crippen LogP contribution in [0.2, 0.25) is 0 Å². The molecule has 0 saturated heterocycles. The lowest BCUT2D eigenvalue weighted by Crippen LogP contribution is -2.08. The van der Waals surface area contributed by atoms with Gasteiger partial charge in [0.15, 0.2) is 11.6 Å². The Morgan fingerprint density at radius 1 is 1.24 bits per heavy atom. The molecule has 2 heterocycles. The number of rotatable bonds is 4. The number of hydrogen-bond donors (Lipinski definition) is 0. The second kappa shape index (κ2) is 4.67.